The molecule has 28 heavy (non-hydrogen) atoms. The second kappa shape index (κ2) is 7.81. The lowest BCUT2D eigenvalue weighted by atomic mass is 9.77. The molecule has 7 heteroatoms. The van der Waals surface area contributed by atoms with E-state index in [2.05, 4.69) is 15.3 Å². The summed E-state index contributed by atoms with van der Waals surface area (Å²) in [5.41, 5.74) is 1.87. The van der Waals surface area contributed by atoms with Crippen LogP contribution >= 0.6 is 0 Å². The standard InChI is InChI=1S/C21H26N4O3/c1-13(2)19-21(27)28-20(22-19)15(14-8-4-3-5-9-14)12-18(26)25-17-11-7-6-10-16(17)23-24-25/h6-7,10-11,13-15,20H,3-5,8-9,12H2,1-2H3/t15-,20?/m1/s1. The lowest BCUT2D eigenvalue weighted by Crippen LogP contribution is -2.33. The Labute approximate surface area is 164 Å². The van der Waals surface area contributed by atoms with E-state index in [-0.39, 0.29) is 30.1 Å². The summed E-state index contributed by atoms with van der Waals surface area (Å²) in [6.45, 7) is 3.87. The van der Waals surface area contributed by atoms with Crippen LogP contribution in [0, 0.1) is 17.8 Å². The zero-order chi connectivity index (χ0) is 19.7. The maximum Gasteiger partial charge on any atom is 0.354 e. The molecule has 0 radical (unpaired) electrons. The molecule has 0 bridgehead atoms. The highest BCUT2D eigenvalue weighted by Crippen LogP contribution is 2.37. The van der Waals surface area contributed by atoms with E-state index in [4.69, 9.17) is 4.74 Å². The molecule has 0 amide bonds. The van der Waals surface area contributed by atoms with E-state index in [0.717, 1.165) is 25.7 Å². The van der Waals surface area contributed by atoms with Crippen LogP contribution in [0.25, 0.3) is 11.0 Å². The van der Waals surface area contributed by atoms with Crippen LogP contribution in [0.3, 0.4) is 0 Å². The highest BCUT2D eigenvalue weighted by atomic mass is 16.6. The maximum atomic E-state index is 13.1. The van der Waals surface area contributed by atoms with Crippen molar-refractivity contribution in [3.8, 4) is 0 Å². The average molecular weight is 382 g/mol. The van der Waals surface area contributed by atoms with Gasteiger partial charge >= 0.3 is 5.97 Å². The van der Waals surface area contributed by atoms with Crippen LogP contribution in [0.5, 0.6) is 0 Å². The van der Waals surface area contributed by atoms with Crippen molar-refractivity contribution in [1.82, 2.24) is 15.0 Å². The van der Waals surface area contributed by atoms with Crippen LogP contribution in [0.4, 0.5) is 0 Å². The van der Waals surface area contributed by atoms with E-state index in [1.807, 2.05) is 38.1 Å². The van der Waals surface area contributed by atoms with Gasteiger partial charge in [0.25, 0.3) is 0 Å². The van der Waals surface area contributed by atoms with Crippen LogP contribution in [0.1, 0.15) is 57.2 Å². The third-order valence-electron chi connectivity index (χ3n) is 5.87. The average Bonchev–Trinajstić information content (AvgIpc) is 3.30. The first-order valence-electron chi connectivity index (χ1n) is 10.2. The number of ether oxygens (including phenoxy) is 1. The monoisotopic (exact) mass is 382 g/mol. The number of benzene rings is 1. The Morgan fingerprint density at radius 3 is 2.68 bits per heavy atom. The largest absolute Gasteiger partial charge is 0.435 e. The number of nitrogens with zero attached hydrogens (tertiary/aromatic N) is 4. The van der Waals surface area contributed by atoms with Crippen LogP contribution in [-0.4, -0.2) is 38.8 Å². The SMILES string of the molecule is CC(C)C1=NC([C@H](CC(=O)n2nnc3ccccc32)C2CCCCC2)OC1=O. The van der Waals surface area contributed by atoms with Crippen molar-refractivity contribution in [2.45, 2.75) is 58.6 Å². The Morgan fingerprint density at radius 1 is 1.21 bits per heavy atom. The van der Waals surface area contributed by atoms with E-state index in [0.29, 0.717) is 22.7 Å². The minimum Gasteiger partial charge on any atom is -0.435 e. The molecular formula is C21H26N4O3. The fourth-order valence-corrected chi connectivity index (χ4v) is 4.36. The van der Waals surface area contributed by atoms with Crippen LogP contribution in [-0.2, 0) is 9.53 Å². The maximum absolute atomic E-state index is 13.1. The predicted molar refractivity (Wildman–Crippen MR) is 105 cm³/mol. The van der Waals surface area contributed by atoms with Gasteiger partial charge in [-0.05, 0) is 30.9 Å². The van der Waals surface area contributed by atoms with Crippen LogP contribution in [0.2, 0.25) is 0 Å². The molecule has 1 unspecified atom stereocenters. The second-order valence-corrected chi connectivity index (χ2v) is 8.11. The van der Waals surface area contributed by atoms with Gasteiger partial charge in [0.2, 0.25) is 5.91 Å². The fraction of sp³-hybridized carbons (Fsp3) is 0.571. The zero-order valence-corrected chi connectivity index (χ0v) is 16.4. The second-order valence-electron chi connectivity index (χ2n) is 8.11. The summed E-state index contributed by atoms with van der Waals surface area (Å²) in [7, 11) is 0. The molecule has 0 saturated heterocycles. The number of aliphatic imine (C=N–C) groups is 1. The van der Waals surface area contributed by atoms with Gasteiger partial charge in [0, 0.05) is 18.3 Å². The molecule has 1 aliphatic heterocycles. The lowest BCUT2D eigenvalue weighted by Gasteiger charge is -2.31. The first-order chi connectivity index (χ1) is 13.5. The molecule has 1 aromatic carbocycles. The first kappa shape index (κ1) is 18.8. The molecular weight excluding hydrogens is 356 g/mol. The Hall–Kier alpha value is -2.57. The van der Waals surface area contributed by atoms with E-state index in [1.54, 1.807) is 0 Å². The van der Waals surface area contributed by atoms with Gasteiger partial charge in [0.15, 0.2) is 6.23 Å². The van der Waals surface area contributed by atoms with Gasteiger partial charge in [-0.3, -0.25) is 4.79 Å². The summed E-state index contributed by atoms with van der Waals surface area (Å²) in [6.07, 6.45) is 5.24. The molecule has 1 fully saturated rings. The molecule has 1 saturated carbocycles. The minimum absolute atomic E-state index is 0.0134. The quantitative estimate of drug-likeness (QED) is 0.737. The number of aromatic nitrogens is 3. The Bertz CT molecular complexity index is 911. The van der Waals surface area contributed by atoms with E-state index >= 15 is 0 Å². The molecule has 7 nitrogen and oxygen atoms in total. The molecule has 0 spiro atoms. The third-order valence-corrected chi connectivity index (χ3v) is 5.87. The van der Waals surface area contributed by atoms with Crippen LogP contribution in [0.15, 0.2) is 29.3 Å². The molecule has 4 rings (SSSR count). The Kier molecular flexibility index (Phi) is 5.24. The van der Waals surface area contributed by atoms with E-state index in [9.17, 15) is 9.59 Å². The number of carbonyl (C=O) groups excluding carboxylic acids is 2. The Balaban J connectivity index is 1.60. The summed E-state index contributed by atoms with van der Waals surface area (Å²) >= 11 is 0. The number of para-hydroxylation sites is 1. The molecule has 148 valence electrons. The minimum atomic E-state index is -0.577. The summed E-state index contributed by atoms with van der Waals surface area (Å²) < 4.78 is 6.99. The van der Waals surface area contributed by atoms with Gasteiger partial charge in [-0.25, -0.2) is 9.79 Å². The highest BCUT2D eigenvalue weighted by Gasteiger charge is 2.40. The number of esters is 1. The predicted octanol–water partition coefficient (Wildman–Crippen LogP) is 3.64. The van der Waals surface area contributed by atoms with Gasteiger partial charge in [-0.1, -0.05) is 50.5 Å². The number of cyclic esters (lactones) is 1. The van der Waals surface area contributed by atoms with Crippen molar-refractivity contribution in [3.05, 3.63) is 24.3 Å². The van der Waals surface area contributed by atoms with Crippen LogP contribution < -0.4 is 0 Å². The van der Waals surface area contributed by atoms with Gasteiger partial charge in [-0.2, -0.15) is 4.68 Å². The molecule has 2 heterocycles. The van der Waals surface area contributed by atoms with Crippen molar-refractivity contribution >= 4 is 28.6 Å². The van der Waals surface area contributed by atoms with Crippen molar-refractivity contribution in [3.63, 3.8) is 0 Å². The summed E-state index contributed by atoms with van der Waals surface area (Å²) in [5, 5.41) is 8.14. The van der Waals surface area contributed by atoms with Crippen molar-refractivity contribution in [1.29, 1.82) is 0 Å². The van der Waals surface area contributed by atoms with Gasteiger partial charge in [-0.15, -0.1) is 5.10 Å². The molecule has 1 aromatic heterocycles. The number of carbonyl (C=O) groups is 2. The molecule has 1 aliphatic carbocycles. The number of hydrogen-bond acceptors (Lipinski definition) is 6. The topological polar surface area (TPSA) is 86.4 Å². The zero-order valence-electron chi connectivity index (χ0n) is 16.4. The van der Waals surface area contributed by atoms with Gasteiger partial charge < -0.3 is 4.74 Å². The molecule has 2 aromatic rings. The summed E-state index contributed by atoms with van der Waals surface area (Å²) in [4.78, 5) is 29.9. The van der Waals surface area contributed by atoms with E-state index in [1.165, 1.54) is 11.1 Å². The molecule has 0 N–H and O–H groups in total. The summed E-state index contributed by atoms with van der Waals surface area (Å²) in [5.74, 6) is -0.274. The highest BCUT2D eigenvalue weighted by molar-refractivity contribution is 6.38. The van der Waals surface area contributed by atoms with Crippen molar-refractivity contribution in [2.75, 3.05) is 0 Å². The summed E-state index contributed by atoms with van der Waals surface area (Å²) in [6, 6.07) is 7.42. The smallest absolute Gasteiger partial charge is 0.354 e. The molecule has 2 aliphatic rings. The van der Waals surface area contributed by atoms with Gasteiger partial charge in [0.1, 0.15) is 11.2 Å². The van der Waals surface area contributed by atoms with Gasteiger partial charge in [0.05, 0.1) is 5.52 Å². The van der Waals surface area contributed by atoms with Crippen molar-refractivity contribution in [2.24, 2.45) is 22.7 Å². The number of hydrogen-bond donors (Lipinski definition) is 0. The van der Waals surface area contributed by atoms with Crippen molar-refractivity contribution < 1.29 is 14.3 Å². The molecule has 2 atom stereocenters. The lowest BCUT2D eigenvalue weighted by molar-refractivity contribution is -0.141. The number of fused-ring (bicyclic) bond motifs is 1. The third kappa shape index (κ3) is 3.57. The fourth-order valence-electron chi connectivity index (χ4n) is 4.36. The number of rotatable bonds is 5. The Morgan fingerprint density at radius 2 is 1.96 bits per heavy atom. The first-order valence-corrected chi connectivity index (χ1v) is 10.2. The normalized spacial score (nSPS) is 21.8. The van der Waals surface area contributed by atoms with E-state index < -0.39 is 6.23 Å².